The van der Waals surface area contributed by atoms with Crippen molar-refractivity contribution in [3.05, 3.63) is 0 Å². The largest absolute Gasteiger partial charge is 0.353 e. The van der Waals surface area contributed by atoms with Gasteiger partial charge in [-0.15, -0.1) is 0 Å². The zero-order valence-corrected chi connectivity index (χ0v) is 12.2. The van der Waals surface area contributed by atoms with Gasteiger partial charge in [0.2, 0.25) is 5.91 Å². The number of carbonyl (C=O) groups excluding carboxylic acids is 1. The van der Waals surface area contributed by atoms with Crippen molar-refractivity contribution < 1.29 is 4.79 Å². The minimum atomic E-state index is -0.137. The van der Waals surface area contributed by atoms with Crippen molar-refractivity contribution >= 4 is 17.7 Å². The first-order chi connectivity index (χ1) is 8.14. The van der Waals surface area contributed by atoms with E-state index in [1.54, 1.807) is 0 Å². The fourth-order valence-corrected chi connectivity index (χ4v) is 3.08. The number of amides is 1. The van der Waals surface area contributed by atoms with Crippen molar-refractivity contribution in [1.29, 1.82) is 0 Å². The summed E-state index contributed by atoms with van der Waals surface area (Å²) >= 11 is 1.84. The molecule has 1 rings (SSSR count). The maximum Gasteiger partial charge on any atom is 0.227 e. The maximum atomic E-state index is 12.4. The van der Waals surface area contributed by atoms with E-state index < -0.39 is 0 Å². The Labute approximate surface area is 109 Å². The van der Waals surface area contributed by atoms with Gasteiger partial charge in [-0.25, -0.2) is 0 Å². The molecule has 0 aromatic carbocycles. The third-order valence-electron chi connectivity index (χ3n) is 3.59. The highest BCUT2D eigenvalue weighted by molar-refractivity contribution is 7.98. The van der Waals surface area contributed by atoms with Gasteiger partial charge in [0.25, 0.3) is 0 Å². The van der Waals surface area contributed by atoms with E-state index in [0.29, 0.717) is 6.04 Å². The molecule has 2 unspecified atom stereocenters. The fraction of sp³-hybridized carbons (Fsp3) is 0.923. The molecule has 3 nitrogen and oxygen atoms in total. The predicted octanol–water partition coefficient (Wildman–Crippen LogP) is 2.02. The van der Waals surface area contributed by atoms with Crippen LogP contribution in [0.4, 0.5) is 0 Å². The Balaban J connectivity index is 2.48. The number of thioether (sulfide) groups is 1. The average Bonchev–Trinajstić information content (AvgIpc) is 2.76. The molecule has 100 valence electrons. The summed E-state index contributed by atoms with van der Waals surface area (Å²) in [6.45, 7) is 6.09. The lowest BCUT2D eigenvalue weighted by Crippen LogP contribution is -2.46. The number of hydrogen-bond donors (Lipinski definition) is 2. The van der Waals surface area contributed by atoms with Crippen LogP contribution < -0.4 is 10.6 Å². The molecule has 0 aromatic rings. The topological polar surface area (TPSA) is 41.1 Å². The van der Waals surface area contributed by atoms with Gasteiger partial charge in [0.05, 0.1) is 5.41 Å². The quantitative estimate of drug-likeness (QED) is 0.734. The van der Waals surface area contributed by atoms with Gasteiger partial charge in [-0.2, -0.15) is 11.8 Å². The molecule has 0 bridgehead atoms. The Bertz CT molecular complexity index is 240. The van der Waals surface area contributed by atoms with Crippen molar-refractivity contribution in [3.8, 4) is 0 Å². The summed E-state index contributed by atoms with van der Waals surface area (Å²) in [6, 6.07) is 0.296. The molecular weight excluding hydrogens is 232 g/mol. The maximum absolute atomic E-state index is 12.4. The van der Waals surface area contributed by atoms with E-state index in [4.69, 9.17) is 0 Å². The van der Waals surface area contributed by atoms with E-state index in [-0.39, 0.29) is 11.3 Å². The van der Waals surface area contributed by atoms with Crippen molar-refractivity contribution in [3.63, 3.8) is 0 Å². The molecule has 4 heteroatoms. The third-order valence-corrected chi connectivity index (χ3v) is 4.23. The number of rotatable bonds is 7. The minimum absolute atomic E-state index is 0.137. The van der Waals surface area contributed by atoms with Gasteiger partial charge in [-0.1, -0.05) is 13.3 Å². The average molecular weight is 258 g/mol. The molecule has 2 atom stereocenters. The molecule has 1 amide bonds. The second-order valence-electron chi connectivity index (χ2n) is 5.11. The van der Waals surface area contributed by atoms with Crippen LogP contribution in [0, 0.1) is 5.41 Å². The van der Waals surface area contributed by atoms with Gasteiger partial charge in [0, 0.05) is 12.6 Å². The van der Waals surface area contributed by atoms with Gasteiger partial charge in [0.1, 0.15) is 0 Å². The zero-order valence-electron chi connectivity index (χ0n) is 11.3. The van der Waals surface area contributed by atoms with Crippen LogP contribution in [0.25, 0.3) is 0 Å². The molecule has 2 N–H and O–H groups in total. The number of carbonyl (C=O) groups is 1. The Morgan fingerprint density at radius 3 is 2.88 bits per heavy atom. The lowest BCUT2D eigenvalue weighted by Gasteiger charge is -2.28. The van der Waals surface area contributed by atoms with E-state index in [9.17, 15) is 4.79 Å². The summed E-state index contributed by atoms with van der Waals surface area (Å²) in [6.07, 6.45) is 6.23. The lowest BCUT2D eigenvalue weighted by atomic mass is 9.81. The monoisotopic (exact) mass is 258 g/mol. The lowest BCUT2D eigenvalue weighted by molar-refractivity contribution is -0.131. The Morgan fingerprint density at radius 1 is 1.59 bits per heavy atom. The minimum Gasteiger partial charge on any atom is -0.353 e. The first kappa shape index (κ1) is 14.8. The highest BCUT2D eigenvalue weighted by atomic mass is 32.2. The molecule has 0 aliphatic carbocycles. The summed E-state index contributed by atoms with van der Waals surface area (Å²) in [5, 5.41) is 6.52. The van der Waals surface area contributed by atoms with Crippen LogP contribution >= 0.6 is 11.8 Å². The summed E-state index contributed by atoms with van der Waals surface area (Å²) in [4.78, 5) is 12.4. The van der Waals surface area contributed by atoms with Gasteiger partial charge >= 0.3 is 0 Å². The van der Waals surface area contributed by atoms with Gasteiger partial charge < -0.3 is 10.6 Å². The van der Waals surface area contributed by atoms with Crippen LogP contribution in [0.5, 0.6) is 0 Å². The fourth-order valence-electron chi connectivity index (χ4n) is 2.49. The zero-order chi connectivity index (χ0) is 12.7. The summed E-state index contributed by atoms with van der Waals surface area (Å²) in [7, 11) is 0. The van der Waals surface area contributed by atoms with Gasteiger partial charge in [-0.05, 0) is 44.7 Å². The predicted molar refractivity (Wildman–Crippen MR) is 75.4 cm³/mol. The molecule has 17 heavy (non-hydrogen) atoms. The molecule has 0 spiro atoms. The highest BCUT2D eigenvalue weighted by Gasteiger charge is 2.40. The molecule has 0 saturated carbocycles. The van der Waals surface area contributed by atoms with E-state index in [1.165, 1.54) is 0 Å². The Kier molecular flexibility index (Phi) is 6.34. The molecule has 1 heterocycles. The Morgan fingerprint density at radius 2 is 2.35 bits per heavy atom. The van der Waals surface area contributed by atoms with Crippen LogP contribution in [0.3, 0.4) is 0 Å². The van der Waals surface area contributed by atoms with E-state index in [1.807, 2.05) is 11.8 Å². The number of nitrogens with one attached hydrogen (secondary N) is 2. The first-order valence-corrected chi connectivity index (χ1v) is 8.04. The van der Waals surface area contributed by atoms with Gasteiger partial charge in [-0.3, -0.25) is 4.79 Å². The van der Waals surface area contributed by atoms with Crippen LogP contribution in [-0.4, -0.2) is 37.0 Å². The Hall–Kier alpha value is -0.220. The summed E-state index contributed by atoms with van der Waals surface area (Å²) in [5.41, 5.74) is -0.137. The smallest absolute Gasteiger partial charge is 0.227 e. The molecule has 0 aromatic heterocycles. The third kappa shape index (κ3) is 4.18. The molecule has 1 saturated heterocycles. The molecular formula is C13H26N2OS. The first-order valence-electron chi connectivity index (χ1n) is 6.65. The summed E-state index contributed by atoms with van der Waals surface area (Å²) in [5.74, 6) is 1.37. The van der Waals surface area contributed by atoms with Crippen LogP contribution in [-0.2, 0) is 4.79 Å². The van der Waals surface area contributed by atoms with Crippen LogP contribution in [0.2, 0.25) is 0 Å². The van der Waals surface area contributed by atoms with Crippen molar-refractivity contribution in [2.24, 2.45) is 5.41 Å². The molecule has 1 aliphatic rings. The van der Waals surface area contributed by atoms with Gasteiger partial charge in [0.15, 0.2) is 0 Å². The van der Waals surface area contributed by atoms with Crippen molar-refractivity contribution in [2.75, 3.05) is 25.1 Å². The van der Waals surface area contributed by atoms with E-state index in [2.05, 4.69) is 30.7 Å². The molecule has 1 fully saturated rings. The highest BCUT2D eigenvalue weighted by Crippen LogP contribution is 2.31. The second-order valence-corrected chi connectivity index (χ2v) is 6.10. The standard InChI is InChI=1S/C13H26N2OS/c1-4-6-13(7-8-14-10-13)12(16)15-11(2)5-9-17-3/h11,14H,4-10H2,1-3H3,(H,15,16). The van der Waals surface area contributed by atoms with E-state index >= 15 is 0 Å². The van der Waals surface area contributed by atoms with Crippen molar-refractivity contribution in [1.82, 2.24) is 10.6 Å². The van der Waals surface area contributed by atoms with E-state index in [0.717, 1.165) is 44.5 Å². The summed E-state index contributed by atoms with van der Waals surface area (Å²) < 4.78 is 0. The second kappa shape index (κ2) is 7.27. The van der Waals surface area contributed by atoms with Crippen LogP contribution in [0.15, 0.2) is 0 Å². The molecule has 0 radical (unpaired) electrons. The SMILES string of the molecule is CCCC1(C(=O)NC(C)CCSC)CCNC1. The molecule has 1 aliphatic heterocycles. The van der Waals surface area contributed by atoms with Crippen LogP contribution in [0.1, 0.15) is 39.5 Å². The normalized spacial score (nSPS) is 25.8. The number of hydrogen-bond acceptors (Lipinski definition) is 3. The van der Waals surface area contributed by atoms with Crippen molar-refractivity contribution in [2.45, 2.75) is 45.6 Å².